The molecule has 1 fully saturated rings. The largest absolute Gasteiger partial charge is 0.508 e. The van der Waals surface area contributed by atoms with Gasteiger partial charge in [-0.25, -0.2) is 0 Å². The number of methoxy groups -OCH3 is 1. The average Bonchev–Trinajstić information content (AvgIpc) is 2.38. The second-order valence-electron chi connectivity index (χ2n) is 4.67. The van der Waals surface area contributed by atoms with E-state index in [9.17, 15) is 5.11 Å². The van der Waals surface area contributed by atoms with Gasteiger partial charge < -0.3 is 15.2 Å². The molecule has 0 spiro atoms. The fourth-order valence-electron chi connectivity index (χ4n) is 2.51. The summed E-state index contributed by atoms with van der Waals surface area (Å²) in [5.41, 5.74) is 0.952. The number of ether oxygens (including phenoxy) is 1. The Morgan fingerprint density at radius 1 is 1.29 bits per heavy atom. The van der Waals surface area contributed by atoms with Crippen LogP contribution in [0.25, 0.3) is 0 Å². The van der Waals surface area contributed by atoms with Crippen LogP contribution in [-0.2, 0) is 11.3 Å². The lowest BCUT2D eigenvalue weighted by molar-refractivity contribution is 0.0412. The Labute approximate surface area is 103 Å². The van der Waals surface area contributed by atoms with Gasteiger partial charge >= 0.3 is 0 Å². The zero-order chi connectivity index (χ0) is 12.1. The maximum Gasteiger partial charge on any atom is 0.120 e. The molecule has 0 saturated heterocycles. The average molecular weight is 235 g/mol. The number of hydrogen-bond acceptors (Lipinski definition) is 3. The summed E-state index contributed by atoms with van der Waals surface area (Å²) < 4.78 is 5.50. The van der Waals surface area contributed by atoms with Crippen LogP contribution >= 0.6 is 0 Å². The van der Waals surface area contributed by atoms with Crippen molar-refractivity contribution >= 4 is 0 Å². The molecular formula is C14H21NO2. The van der Waals surface area contributed by atoms with Gasteiger partial charge in [0, 0.05) is 25.3 Å². The number of para-hydroxylation sites is 1. The lowest BCUT2D eigenvalue weighted by atomic mass is 9.92. The summed E-state index contributed by atoms with van der Waals surface area (Å²) in [7, 11) is 1.78. The Kier molecular flexibility index (Phi) is 4.40. The van der Waals surface area contributed by atoms with Gasteiger partial charge in [0.1, 0.15) is 5.75 Å². The standard InChI is InChI=1S/C14H21NO2/c1-17-14-9-5-3-7-12(14)15-10-11-6-2-4-8-13(11)16/h2,4,6,8,12,14-16H,3,5,7,9-10H2,1H3. The molecule has 2 atom stereocenters. The zero-order valence-electron chi connectivity index (χ0n) is 10.4. The number of aromatic hydroxyl groups is 1. The second-order valence-corrected chi connectivity index (χ2v) is 4.67. The van der Waals surface area contributed by atoms with Gasteiger partial charge in [0.25, 0.3) is 0 Å². The molecule has 94 valence electrons. The van der Waals surface area contributed by atoms with E-state index in [4.69, 9.17) is 4.74 Å². The van der Waals surface area contributed by atoms with Gasteiger partial charge in [-0.1, -0.05) is 31.0 Å². The van der Waals surface area contributed by atoms with Crippen molar-refractivity contribution in [2.75, 3.05) is 7.11 Å². The van der Waals surface area contributed by atoms with E-state index in [2.05, 4.69) is 5.32 Å². The molecule has 2 rings (SSSR count). The first-order chi connectivity index (χ1) is 8.31. The van der Waals surface area contributed by atoms with Crippen molar-refractivity contribution in [3.63, 3.8) is 0 Å². The maximum atomic E-state index is 9.69. The van der Waals surface area contributed by atoms with Crippen LogP contribution in [-0.4, -0.2) is 24.4 Å². The molecule has 0 radical (unpaired) electrons. The van der Waals surface area contributed by atoms with Crippen molar-refractivity contribution < 1.29 is 9.84 Å². The van der Waals surface area contributed by atoms with Crippen molar-refractivity contribution in [2.24, 2.45) is 0 Å². The monoisotopic (exact) mass is 235 g/mol. The van der Waals surface area contributed by atoms with Gasteiger partial charge in [-0.2, -0.15) is 0 Å². The van der Waals surface area contributed by atoms with Crippen LogP contribution in [0.5, 0.6) is 5.75 Å². The summed E-state index contributed by atoms with van der Waals surface area (Å²) in [6.07, 6.45) is 5.13. The van der Waals surface area contributed by atoms with Crippen molar-refractivity contribution in [2.45, 2.75) is 44.4 Å². The highest BCUT2D eigenvalue weighted by Gasteiger charge is 2.24. The molecule has 1 aromatic rings. The number of phenolic OH excluding ortho intramolecular Hbond substituents is 1. The van der Waals surface area contributed by atoms with E-state index in [0.29, 0.717) is 24.4 Å². The van der Waals surface area contributed by atoms with Gasteiger partial charge in [0.2, 0.25) is 0 Å². The summed E-state index contributed by atoms with van der Waals surface area (Å²) in [6, 6.07) is 7.88. The molecular weight excluding hydrogens is 214 g/mol. The number of hydrogen-bond donors (Lipinski definition) is 2. The predicted octanol–water partition coefficient (Wildman–Crippen LogP) is 2.44. The van der Waals surface area contributed by atoms with Gasteiger partial charge in [0.05, 0.1) is 6.10 Å². The van der Waals surface area contributed by atoms with Crippen LogP contribution in [0.3, 0.4) is 0 Å². The van der Waals surface area contributed by atoms with E-state index in [1.807, 2.05) is 18.2 Å². The number of rotatable bonds is 4. The second kappa shape index (κ2) is 6.03. The molecule has 1 aliphatic rings. The topological polar surface area (TPSA) is 41.5 Å². The smallest absolute Gasteiger partial charge is 0.120 e. The summed E-state index contributed by atoms with van der Waals surface area (Å²) in [4.78, 5) is 0. The predicted molar refractivity (Wildman–Crippen MR) is 68.0 cm³/mol. The molecule has 0 aliphatic heterocycles. The first kappa shape index (κ1) is 12.4. The lowest BCUT2D eigenvalue weighted by Gasteiger charge is -2.31. The van der Waals surface area contributed by atoms with E-state index < -0.39 is 0 Å². The Morgan fingerprint density at radius 2 is 2.06 bits per heavy atom. The third-order valence-corrected chi connectivity index (χ3v) is 3.55. The van der Waals surface area contributed by atoms with Crippen LogP contribution < -0.4 is 5.32 Å². The van der Waals surface area contributed by atoms with Gasteiger partial charge in [-0.15, -0.1) is 0 Å². The van der Waals surface area contributed by atoms with Gasteiger partial charge in [-0.05, 0) is 18.9 Å². The van der Waals surface area contributed by atoms with Crippen molar-refractivity contribution in [1.29, 1.82) is 0 Å². The zero-order valence-corrected chi connectivity index (χ0v) is 10.4. The highest BCUT2D eigenvalue weighted by Crippen LogP contribution is 2.22. The minimum atomic E-state index is 0.314. The first-order valence-corrected chi connectivity index (χ1v) is 6.34. The van der Waals surface area contributed by atoms with E-state index >= 15 is 0 Å². The molecule has 1 saturated carbocycles. The molecule has 17 heavy (non-hydrogen) atoms. The Morgan fingerprint density at radius 3 is 2.82 bits per heavy atom. The SMILES string of the molecule is COC1CCCCC1NCc1ccccc1O. The Hall–Kier alpha value is -1.06. The molecule has 3 heteroatoms. The number of nitrogens with one attached hydrogen (secondary N) is 1. The maximum absolute atomic E-state index is 9.69. The van der Waals surface area contributed by atoms with E-state index in [1.54, 1.807) is 13.2 Å². The van der Waals surface area contributed by atoms with Crippen LogP contribution in [0.1, 0.15) is 31.2 Å². The molecule has 1 aromatic carbocycles. The van der Waals surface area contributed by atoms with Crippen molar-refractivity contribution in [3.8, 4) is 5.75 Å². The van der Waals surface area contributed by atoms with Crippen LogP contribution in [0.2, 0.25) is 0 Å². The number of benzene rings is 1. The first-order valence-electron chi connectivity index (χ1n) is 6.34. The fourth-order valence-corrected chi connectivity index (χ4v) is 2.51. The lowest BCUT2D eigenvalue weighted by Crippen LogP contribution is -2.42. The van der Waals surface area contributed by atoms with E-state index in [0.717, 1.165) is 18.4 Å². The highest BCUT2D eigenvalue weighted by atomic mass is 16.5. The molecule has 2 unspecified atom stereocenters. The summed E-state index contributed by atoms with van der Waals surface area (Å²) in [5.74, 6) is 0.366. The van der Waals surface area contributed by atoms with Crippen molar-refractivity contribution in [3.05, 3.63) is 29.8 Å². The molecule has 0 amide bonds. The highest BCUT2D eigenvalue weighted by molar-refractivity contribution is 5.31. The third-order valence-electron chi connectivity index (χ3n) is 3.55. The van der Waals surface area contributed by atoms with Gasteiger partial charge in [-0.3, -0.25) is 0 Å². The minimum Gasteiger partial charge on any atom is -0.508 e. The minimum absolute atomic E-state index is 0.314. The molecule has 1 aliphatic carbocycles. The summed E-state index contributed by atoms with van der Waals surface area (Å²) in [6.45, 7) is 0.706. The summed E-state index contributed by atoms with van der Waals surface area (Å²) >= 11 is 0. The molecule has 0 aromatic heterocycles. The van der Waals surface area contributed by atoms with Crippen LogP contribution in [0, 0.1) is 0 Å². The summed E-state index contributed by atoms with van der Waals surface area (Å²) in [5, 5.41) is 13.2. The van der Waals surface area contributed by atoms with E-state index in [1.165, 1.54) is 12.8 Å². The Balaban J connectivity index is 1.90. The van der Waals surface area contributed by atoms with Crippen LogP contribution in [0.4, 0.5) is 0 Å². The number of phenols is 1. The Bertz CT molecular complexity index is 354. The van der Waals surface area contributed by atoms with E-state index in [-0.39, 0.29) is 0 Å². The third kappa shape index (κ3) is 3.20. The normalized spacial score (nSPS) is 24.8. The molecule has 0 heterocycles. The molecule has 0 bridgehead atoms. The molecule has 2 N–H and O–H groups in total. The fraction of sp³-hybridized carbons (Fsp3) is 0.571. The quantitative estimate of drug-likeness (QED) is 0.842. The van der Waals surface area contributed by atoms with Gasteiger partial charge in [0.15, 0.2) is 0 Å². The van der Waals surface area contributed by atoms with Crippen LogP contribution in [0.15, 0.2) is 24.3 Å². The van der Waals surface area contributed by atoms with Crippen molar-refractivity contribution in [1.82, 2.24) is 5.32 Å². The molecule has 3 nitrogen and oxygen atoms in total.